The average Bonchev–Trinajstić information content (AvgIpc) is 3.11. The van der Waals surface area contributed by atoms with E-state index in [1.807, 2.05) is 30.3 Å². The number of benzene rings is 1. The van der Waals surface area contributed by atoms with E-state index >= 15 is 0 Å². The summed E-state index contributed by atoms with van der Waals surface area (Å²) >= 11 is 0. The van der Waals surface area contributed by atoms with E-state index < -0.39 is 29.4 Å². The molecular formula is C26H37N3O7. The molecule has 10 nitrogen and oxygen atoms in total. The number of hydrogen-bond donors (Lipinski definition) is 1. The molecule has 3 rings (SSSR count). The maximum Gasteiger partial charge on any atom is 0.411 e. The van der Waals surface area contributed by atoms with Gasteiger partial charge in [-0.15, -0.1) is 0 Å². The van der Waals surface area contributed by atoms with Crippen molar-refractivity contribution in [2.75, 3.05) is 32.7 Å². The topological polar surface area (TPSA) is 114 Å². The summed E-state index contributed by atoms with van der Waals surface area (Å²) in [6.45, 7) is 7.15. The molecule has 1 aromatic carbocycles. The van der Waals surface area contributed by atoms with Crippen LogP contribution in [0.15, 0.2) is 30.3 Å². The lowest BCUT2D eigenvalue weighted by molar-refractivity contribution is -0.155. The smallest absolute Gasteiger partial charge is 0.411 e. The maximum absolute atomic E-state index is 12.6. The summed E-state index contributed by atoms with van der Waals surface area (Å²) in [7, 11) is 0. The molecule has 36 heavy (non-hydrogen) atoms. The highest BCUT2D eigenvalue weighted by Gasteiger charge is 2.48. The zero-order chi connectivity index (χ0) is 26.2. The fourth-order valence-electron chi connectivity index (χ4n) is 4.29. The van der Waals surface area contributed by atoms with Crippen molar-refractivity contribution in [3.05, 3.63) is 35.9 Å². The minimum absolute atomic E-state index is 0.0476. The van der Waals surface area contributed by atoms with Crippen LogP contribution in [0.1, 0.15) is 58.4 Å². The Balaban J connectivity index is 1.29. The van der Waals surface area contributed by atoms with Crippen LogP contribution in [-0.4, -0.2) is 77.8 Å². The molecule has 1 N–H and O–H groups in total. The first-order valence-electron chi connectivity index (χ1n) is 12.5. The molecule has 3 amide bonds. The number of ether oxygens (including phenoxy) is 3. The third-order valence-electron chi connectivity index (χ3n) is 6.11. The standard InChI is InChI=1S/C26H37N3O7/c1-25(2,3)35-22(31)17-29-19-26(36-24(29)33)12-15-28(16-13-26)21(30)11-7-8-14-27-23(32)34-18-20-9-5-4-6-10-20/h4-6,9-10H,7-8,11-19H2,1-3H3,(H,27,32). The van der Waals surface area contributed by atoms with Crippen molar-refractivity contribution in [3.63, 3.8) is 0 Å². The van der Waals surface area contributed by atoms with Gasteiger partial charge in [-0.3, -0.25) is 14.5 Å². The molecule has 1 aromatic rings. The SMILES string of the molecule is CC(C)(C)OC(=O)CN1CC2(CCN(C(=O)CCCCNC(=O)OCc3ccccc3)CC2)OC1=O. The van der Waals surface area contributed by atoms with Gasteiger partial charge in [0, 0.05) is 38.9 Å². The number of esters is 1. The van der Waals surface area contributed by atoms with Gasteiger partial charge < -0.3 is 24.4 Å². The lowest BCUT2D eigenvalue weighted by Crippen LogP contribution is -2.49. The van der Waals surface area contributed by atoms with Crippen molar-refractivity contribution in [3.8, 4) is 0 Å². The normalized spacial score (nSPS) is 17.0. The molecular weight excluding hydrogens is 466 g/mol. The lowest BCUT2D eigenvalue weighted by Gasteiger charge is -2.37. The number of nitrogens with one attached hydrogen (secondary N) is 1. The Morgan fingerprint density at radius 2 is 1.78 bits per heavy atom. The van der Waals surface area contributed by atoms with Crippen molar-refractivity contribution in [1.29, 1.82) is 0 Å². The maximum atomic E-state index is 12.6. The van der Waals surface area contributed by atoms with Gasteiger partial charge in [-0.05, 0) is 39.2 Å². The molecule has 0 saturated carbocycles. The highest BCUT2D eigenvalue weighted by atomic mass is 16.6. The number of hydrogen-bond acceptors (Lipinski definition) is 7. The zero-order valence-corrected chi connectivity index (χ0v) is 21.4. The van der Waals surface area contributed by atoms with Gasteiger partial charge >= 0.3 is 18.2 Å². The van der Waals surface area contributed by atoms with E-state index in [9.17, 15) is 19.2 Å². The first-order valence-corrected chi connectivity index (χ1v) is 12.5. The quantitative estimate of drug-likeness (QED) is 0.313. The fourth-order valence-corrected chi connectivity index (χ4v) is 4.29. The molecule has 2 heterocycles. The van der Waals surface area contributed by atoms with E-state index in [1.54, 1.807) is 25.7 Å². The Kier molecular flexibility index (Phi) is 9.17. The van der Waals surface area contributed by atoms with Gasteiger partial charge in [0.05, 0.1) is 6.54 Å². The first kappa shape index (κ1) is 27.3. The van der Waals surface area contributed by atoms with E-state index in [2.05, 4.69) is 5.32 Å². The second-order valence-corrected chi connectivity index (χ2v) is 10.3. The van der Waals surface area contributed by atoms with Crippen LogP contribution >= 0.6 is 0 Å². The number of carbonyl (C=O) groups is 4. The number of likely N-dealkylation sites (tertiary alicyclic amines) is 1. The van der Waals surface area contributed by atoms with Gasteiger partial charge in [-0.2, -0.15) is 0 Å². The Labute approximate surface area is 212 Å². The lowest BCUT2D eigenvalue weighted by atomic mass is 9.91. The zero-order valence-electron chi connectivity index (χ0n) is 21.4. The van der Waals surface area contributed by atoms with Crippen molar-refractivity contribution < 1.29 is 33.4 Å². The van der Waals surface area contributed by atoms with Crippen LogP contribution in [0, 0.1) is 0 Å². The van der Waals surface area contributed by atoms with E-state index in [-0.39, 0.29) is 19.1 Å². The Bertz CT molecular complexity index is 921. The predicted molar refractivity (Wildman–Crippen MR) is 131 cm³/mol. The second-order valence-electron chi connectivity index (χ2n) is 10.3. The van der Waals surface area contributed by atoms with Crippen LogP contribution in [0.3, 0.4) is 0 Å². The fraction of sp³-hybridized carbons (Fsp3) is 0.615. The summed E-state index contributed by atoms with van der Waals surface area (Å²) in [6.07, 6.45) is 1.78. The van der Waals surface area contributed by atoms with Crippen LogP contribution in [0.25, 0.3) is 0 Å². The van der Waals surface area contributed by atoms with Gasteiger partial charge in [-0.25, -0.2) is 9.59 Å². The molecule has 2 aliphatic rings. The summed E-state index contributed by atoms with van der Waals surface area (Å²) < 4.78 is 16.1. The van der Waals surface area contributed by atoms with E-state index in [0.29, 0.717) is 58.3 Å². The van der Waals surface area contributed by atoms with Crippen molar-refractivity contribution >= 4 is 24.1 Å². The highest BCUT2D eigenvalue weighted by molar-refractivity contribution is 5.80. The molecule has 2 saturated heterocycles. The third kappa shape index (κ3) is 8.42. The van der Waals surface area contributed by atoms with E-state index in [4.69, 9.17) is 14.2 Å². The molecule has 2 aliphatic heterocycles. The van der Waals surface area contributed by atoms with Crippen LogP contribution < -0.4 is 5.32 Å². The minimum atomic E-state index is -0.667. The van der Waals surface area contributed by atoms with E-state index in [1.165, 1.54) is 4.90 Å². The number of amides is 3. The Morgan fingerprint density at radius 1 is 1.08 bits per heavy atom. The summed E-state index contributed by atoms with van der Waals surface area (Å²) in [4.78, 5) is 51.9. The molecule has 2 fully saturated rings. The number of rotatable bonds is 9. The second kappa shape index (κ2) is 12.1. The number of unbranched alkanes of at least 4 members (excludes halogenated alkanes) is 1. The number of carbonyl (C=O) groups excluding carboxylic acids is 4. The van der Waals surface area contributed by atoms with Gasteiger partial charge in [0.2, 0.25) is 5.91 Å². The van der Waals surface area contributed by atoms with Crippen LogP contribution in [-0.2, 0) is 30.4 Å². The summed E-state index contributed by atoms with van der Waals surface area (Å²) in [5.74, 6) is -0.422. The molecule has 0 unspecified atom stereocenters. The van der Waals surface area contributed by atoms with Crippen LogP contribution in [0.5, 0.6) is 0 Å². The molecule has 1 spiro atoms. The van der Waals surface area contributed by atoms with Crippen molar-refractivity contribution in [1.82, 2.24) is 15.1 Å². The summed E-state index contributed by atoms with van der Waals surface area (Å²) in [5, 5.41) is 2.70. The predicted octanol–water partition coefficient (Wildman–Crippen LogP) is 3.24. The van der Waals surface area contributed by atoms with Gasteiger partial charge in [-0.1, -0.05) is 30.3 Å². The van der Waals surface area contributed by atoms with Crippen molar-refractivity contribution in [2.45, 2.75) is 70.7 Å². The van der Waals surface area contributed by atoms with Crippen molar-refractivity contribution in [2.24, 2.45) is 0 Å². The van der Waals surface area contributed by atoms with Crippen LogP contribution in [0.4, 0.5) is 9.59 Å². The van der Waals surface area contributed by atoms with Crippen LogP contribution in [0.2, 0.25) is 0 Å². The van der Waals surface area contributed by atoms with E-state index in [0.717, 1.165) is 5.56 Å². The molecule has 0 aromatic heterocycles. The molecule has 0 bridgehead atoms. The Morgan fingerprint density at radius 3 is 2.44 bits per heavy atom. The molecule has 198 valence electrons. The Hall–Kier alpha value is -3.30. The molecule has 10 heteroatoms. The molecule has 0 radical (unpaired) electrons. The summed E-state index contributed by atoms with van der Waals surface area (Å²) in [6, 6.07) is 9.45. The van der Waals surface area contributed by atoms with Gasteiger partial charge in [0.15, 0.2) is 0 Å². The largest absolute Gasteiger partial charge is 0.459 e. The average molecular weight is 504 g/mol. The molecule has 0 aliphatic carbocycles. The minimum Gasteiger partial charge on any atom is -0.459 e. The van der Waals surface area contributed by atoms with Gasteiger partial charge in [0.1, 0.15) is 24.4 Å². The monoisotopic (exact) mass is 503 g/mol. The number of piperidine rings is 1. The first-order chi connectivity index (χ1) is 17.1. The highest BCUT2D eigenvalue weighted by Crippen LogP contribution is 2.33. The molecule has 0 atom stereocenters. The summed E-state index contributed by atoms with van der Waals surface area (Å²) in [5.41, 5.74) is -0.365. The number of nitrogens with zero attached hydrogens (tertiary/aromatic N) is 2. The third-order valence-corrected chi connectivity index (χ3v) is 6.11. The van der Waals surface area contributed by atoms with Gasteiger partial charge in [0.25, 0.3) is 0 Å². The number of alkyl carbamates (subject to hydrolysis) is 1.